The average Bonchev–Trinajstić information content (AvgIpc) is 3.27. The molecule has 0 aliphatic rings. The molecule has 8 heteroatoms. The number of aromatic nitrogens is 3. The normalized spacial score (nSPS) is 10.9. The average molecular weight is 448 g/mol. The van der Waals surface area contributed by atoms with E-state index < -0.39 is 5.91 Å². The monoisotopic (exact) mass is 448 g/mol. The first-order chi connectivity index (χ1) is 15.8. The Kier molecular flexibility index (Phi) is 6.26. The van der Waals surface area contributed by atoms with Crippen molar-refractivity contribution in [2.45, 2.75) is 40.8 Å². The van der Waals surface area contributed by atoms with Gasteiger partial charge in [-0.25, -0.2) is 4.39 Å². The van der Waals surface area contributed by atoms with Gasteiger partial charge in [-0.1, -0.05) is 35.5 Å². The molecule has 0 saturated carbocycles. The highest BCUT2D eigenvalue weighted by Crippen LogP contribution is 2.24. The van der Waals surface area contributed by atoms with Crippen molar-refractivity contribution in [2.75, 3.05) is 5.32 Å². The van der Waals surface area contributed by atoms with Crippen LogP contribution in [0.25, 0.3) is 0 Å². The van der Waals surface area contributed by atoms with Crippen molar-refractivity contribution in [3.63, 3.8) is 0 Å². The van der Waals surface area contributed by atoms with Gasteiger partial charge in [0.2, 0.25) is 0 Å². The number of para-hydroxylation sites is 1. The molecule has 0 fully saturated rings. The third kappa shape index (κ3) is 4.79. The minimum absolute atomic E-state index is 0.153. The van der Waals surface area contributed by atoms with Gasteiger partial charge in [-0.05, 0) is 57.0 Å². The first-order valence-electron chi connectivity index (χ1n) is 10.6. The van der Waals surface area contributed by atoms with Crippen molar-refractivity contribution in [1.82, 2.24) is 14.9 Å². The molecule has 7 nitrogen and oxygen atoms in total. The number of hydrogen-bond donors (Lipinski definition) is 1. The summed E-state index contributed by atoms with van der Waals surface area (Å²) in [5, 5.41) is 11.4. The number of rotatable bonds is 7. The van der Waals surface area contributed by atoms with Gasteiger partial charge in [0.15, 0.2) is 5.69 Å². The van der Waals surface area contributed by atoms with Crippen molar-refractivity contribution >= 4 is 11.6 Å². The number of nitrogens with zero attached hydrogens (tertiary/aromatic N) is 3. The minimum Gasteiger partial charge on any atom is -0.488 e. The lowest BCUT2D eigenvalue weighted by atomic mass is 10.2. The highest BCUT2D eigenvalue weighted by atomic mass is 19.1. The summed E-state index contributed by atoms with van der Waals surface area (Å²) in [4.78, 5) is 13.1. The van der Waals surface area contributed by atoms with Crippen molar-refractivity contribution in [1.29, 1.82) is 0 Å². The molecule has 1 N–H and O–H groups in total. The van der Waals surface area contributed by atoms with E-state index in [1.165, 1.54) is 12.1 Å². The summed E-state index contributed by atoms with van der Waals surface area (Å²) >= 11 is 0. The van der Waals surface area contributed by atoms with Crippen molar-refractivity contribution in [3.05, 3.63) is 93.9 Å². The van der Waals surface area contributed by atoms with Crippen LogP contribution in [-0.4, -0.2) is 20.8 Å². The first-order valence-corrected chi connectivity index (χ1v) is 10.6. The fourth-order valence-corrected chi connectivity index (χ4v) is 3.62. The summed E-state index contributed by atoms with van der Waals surface area (Å²) in [6.07, 6.45) is 0. The molecule has 1 amide bonds. The third-order valence-electron chi connectivity index (χ3n) is 5.51. The maximum atomic E-state index is 13.5. The summed E-state index contributed by atoms with van der Waals surface area (Å²) < 4.78 is 26.5. The van der Waals surface area contributed by atoms with Crippen LogP contribution in [0.2, 0.25) is 0 Å². The van der Waals surface area contributed by atoms with E-state index in [2.05, 4.69) is 15.6 Å². The number of carbonyl (C=O) groups excluding carboxylic acids is 1. The van der Waals surface area contributed by atoms with E-state index in [1.54, 1.807) is 24.6 Å². The molecule has 4 aromatic rings. The molecule has 2 heterocycles. The summed E-state index contributed by atoms with van der Waals surface area (Å²) in [5.41, 5.74) is 4.51. The lowest BCUT2D eigenvalue weighted by Gasteiger charge is -2.10. The number of carbonyl (C=O) groups is 1. The zero-order chi connectivity index (χ0) is 23.5. The van der Waals surface area contributed by atoms with Gasteiger partial charge < -0.3 is 14.6 Å². The highest BCUT2D eigenvalue weighted by molar-refractivity contribution is 6.04. The van der Waals surface area contributed by atoms with Crippen LogP contribution in [-0.2, 0) is 13.2 Å². The fraction of sp³-hybridized carbons (Fsp3) is 0.240. The Labute approximate surface area is 191 Å². The zero-order valence-electron chi connectivity index (χ0n) is 19.0. The van der Waals surface area contributed by atoms with Gasteiger partial charge in [0.05, 0.1) is 29.2 Å². The molecular formula is C25H25FN4O3. The summed E-state index contributed by atoms with van der Waals surface area (Å²) in [5.74, 6) is 0.537. The molecule has 0 aliphatic carbocycles. The van der Waals surface area contributed by atoms with Crippen LogP contribution in [0.3, 0.4) is 0 Å². The van der Waals surface area contributed by atoms with Crippen LogP contribution in [0.4, 0.5) is 10.1 Å². The molecule has 2 aromatic carbocycles. The molecule has 0 unspecified atom stereocenters. The molecular weight excluding hydrogens is 423 g/mol. The second-order valence-electron chi connectivity index (χ2n) is 7.91. The summed E-state index contributed by atoms with van der Waals surface area (Å²) in [7, 11) is 0. The Morgan fingerprint density at radius 2 is 1.91 bits per heavy atom. The smallest absolute Gasteiger partial charge is 0.278 e. The maximum absolute atomic E-state index is 13.5. The maximum Gasteiger partial charge on any atom is 0.278 e. The van der Waals surface area contributed by atoms with Gasteiger partial charge in [-0.2, -0.15) is 5.10 Å². The molecule has 0 atom stereocenters. The Balaban J connectivity index is 1.52. The van der Waals surface area contributed by atoms with Crippen LogP contribution < -0.4 is 10.1 Å². The SMILES string of the molecule is Cc1ccccc1OCc1c(C(=O)Nc2c(C)nn(Cc3cccc(F)c3)c2C)noc1C. The zero-order valence-corrected chi connectivity index (χ0v) is 19.0. The van der Waals surface area contributed by atoms with Crippen molar-refractivity contribution in [3.8, 4) is 5.75 Å². The number of ether oxygens (including phenoxy) is 1. The van der Waals surface area contributed by atoms with E-state index in [-0.39, 0.29) is 18.1 Å². The van der Waals surface area contributed by atoms with E-state index in [0.29, 0.717) is 29.2 Å². The van der Waals surface area contributed by atoms with E-state index in [4.69, 9.17) is 9.26 Å². The Morgan fingerprint density at radius 3 is 2.67 bits per heavy atom. The second kappa shape index (κ2) is 9.28. The highest BCUT2D eigenvalue weighted by Gasteiger charge is 2.23. The first kappa shape index (κ1) is 22.3. The quantitative estimate of drug-likeness (QED) is 0.424. The predicted molar refractivity (Wildman–Crippen MR) is 122 cm³/mol. The molecule has 0 bridgehead atoms. The Bertz CT molecular complexity index is 1310. The van der Waals surface area contributed by atoms with Gasteiger partial charge in [0, 0.05) is 0 Å². The number of halogens is 1. The van der Waals surface area contributed by atoms with Gasteiger partial charge in [0.25, 0.3) is 5.91 Å². The van der Waals surface area contributed by atoms with Gasteiger partial charge in [-0.15, -0.1) is 0 Å². The molecule has 33 heavy (non-hydrogen) atoms. The topological polar surface area (TPSA) is 82.2 Å². The Hall–Kier alpha value is -3.94. The fourth-order valence-electron chi connectivity index (χ4n) is 3.62. The lowest BCUT2D eigenvalue weighted by molar-refractivity contribution is 0.101. The van der Waals surface area contributed by atoms with Crippen molar-refractivity contribution < 1.29 is 18.4 Å². The van der Waals surface area contributed by atoms with Crippen LogP contribution in [0.5, 0.6) is 5.75 Å². The molecule has 0 radical (unpaired) electrons. The number of aryl methyl sites for hydroxylation is 3. The lowest BCUT2D eigenvalue weighted by Crippen LogP contribution is -2.16. The van der Waals surface area contributed by atoms with E-state index in [0.717, 1.165) is 22.6 Å². The summed E-state index contributed by atoms with van der Waals surface area (Å²) in [6, 6.07) is 14.0. The number of nitrogens with one attached hydrogen (secondary N) is 1. The van der Waals surface area contributed by atoms with Gasteiger partial charge in [-0.3, -0.25) is 9.48 Å². The minimum atomic E-state index is -0.410. The third-order valence-corrected chi connectivity index (χ3v) is 5.51. The largest absolute Gasteiger partial charge is 0.488 e. The number of hydrogen-bond acceptors (Lipinski definition) is 5. The van der Waals surface area contributed by atoms with E-state index in [9.17, 15) is 9.18 Å². The number of anilines is 1. The number of amides is 1. The van der Waals surface area contributed by atoms with Crippen molar-refractivity contribution in [2.24, 2.45) is 0 Å². The van der Waals surface area contributed by atoms with Gasteiger partial charge in [0.1, 0.15) is 23.9 Å². The predicted octanol–water partition coefficient (Wildman–Crippen LogP) is 5.12. The van der Waals surface area contributed by atoms with Crippen LogP contribution >= 0.6 is 0 Å². The van der Waals surface area contributed by atoms with E-state index >= 15 is 0 Å². The molecule has 0 saturated heterocycles. The summed E-state index contributed by atoms with van der Waals surface area (Å²) in [6.45, 7) is 7.90. The standard InChI is InChI=1S/C25H25FN4O3/c1-15-8-5-6-11-22(15)32-14-21-18(4)33-29-24(21)25(31)27-23-16(2)28-30(17(23)3)13-19-9-7-10-20(26)12-19/h5-12H,13-14H2,1-4H3,(H,27,31). The molecule has 2 aromatic heterocycles. The van der Waals surface area contributed by atoms with Crippen LogP contribution in [0, 0.1) is 33.5 Å². The Morgan fingerprint density at radius 1 is 1.12 bits per heavy atom. The molecule has 0 aliphatic heterocycles. The number of benzene rings is 2. The molecule has 0 spiro atoms. The van der Waals surface area contributed by atoms with E-state index in [1.807, 2.05) is 44.2 Å². The molecule has 170 valence electrons. The second-order valence-corrected chi connectivity index (χ2v) is 7.91. The molecule has 4 rings (SSSR count). The van der Waals surface area contributed by atoms with Crippen LogP contribution in [0.1, 0.15) is 44.3 Å². The van der Waals surface area contributed by atoms with Gasteiger partial charge >= 0.3 is 0 Å². The van der Waals surface area contributed by atoms with Crippen LogP contribution in [0.15, 0.2) is 53.1 Å².